The van der Waals surface area contributed by atoms with Crippen molar-refractivity contribution in [2.75, 3.05) is 19.8 Å². The Morgan fingerprint density at radius 2 is 1.91 bits per heavy atom. The minimum absolute atomic E-state index is 0.0230. The number of thioether (sulfide) groups is 1. The average Bonchev–Trinajstić information content (AvgIpc) is 3.51. The maximum atomic E-state index is 13.6. The molecule has 0 bridgehead atoms. The number of nitrogens with one attached hydrogen (secondary N) is 1. The standard InChI is InChI=1S/C26H23FN4O3S/c1-30(2)26(33)31-14-21(24(32)22-15-35-25(29-22)16-4-3-11-28-13-16)20-10-9-19(12-23(20)31)34-18-7-5-17(27)6-8-18/h3-14,22,25,29H,15H2,1-2H3/t22-,25?/m0/s1. The number of rotatable bonds is 5. The second-order valence-corrected chi connectivity index (χ2v) is 9.55. The van der Waals surface area contributed by atoms with Gasteiger partial charge in [0.15, 0.2) is 5.78 Å². The molecular formula is C26H23FN4O3S. The van der Waals surface area contributed by atoms with Crippen LogP contribution in [0.25, 0.3) is 10.9 Å². The highest BCUT2D eigenvalue weighted by Gasteiger charge is 2.33. The lowest BCUT2D eigenvalue weighted by molar-refractivity contribution is 0.0957. The van der Waals surface area contributed by atoms with Crippen molar-refractivity contribution in [2.24, 2.45) is 0 Å². The van der Waals surface area contributed by atoms with E-state index in [2.05, 4.69) is 10.3 Å². The fraction of sp³-hybridized carbons (Fsp3) is 0.192. The van der Waals surface area contributed by atoms with Crippen LogP contribution in [0.2, 0.25) is 0 Å². The van der Waals surface area contributed by atoms with Crippen LogP contribution in [0.5, 0.6) is 11.5 Å². The van der Waals surface area contributed by atoms with Gasteiger partial charge < -0.3 is 9.64 Å². The molecule has 4 aromatic rings. The maximum Gasteiger partial charge on any atom is 0.328 e. The lowest BCUT2D eigenvalue weighted by Crippen LogP contribution is -2.34. The molecule has 178 valence electrons. The molecule has 1 unspecified atom stereocenters. The maximum absolute atomic E-state index is 13.6. The molecule has 7 nitrogen and oxygen atoms in total. The third kappa shape index (κ3) is 4.65. The molecule has 1 fully saturated rings. The number of benzene rings is 2. The van der Waals surface area contributed by atoms with Crippen LogP contribution in [0.1, 0.15) is 21.3 Å². The summed E-state index contributed by atoms with van der Waals surface area (Å²) >= 11 is 1.65. The van der Waals surface area contributed by atoms with Crippen LogP contribution in [0, 0.1) is 5.82 Å². The Labute approximate surface area is 205 Å². The first-order chi connectivity index (χ1) is 16.9. The first-order valence-electron chi connectivity index (χ1n) is 11.0. The fourth-order valence-electron chi connectivity index (χ4n) is 4.01. The summed E-state index contributed by atoms with van der Waals surface area (Å²) in [5.41, 5.74) is 2.04. The van der Waals surface area contributed by atoms with Crippen molar-refractivity contribution in [3.8, 4) is 11.5 Å². The minimum atomic E-state index is -0.395. The van der Waals surface area contributed by atoms with Gasteiger partial charge in [-0.15, -0.1) is 11.8 Å². The van der Waals surface area contributed by atoms with Crippen LogP contribution in [-0.2, 0) is 0 Å². The summed E-state index contributed by atoms with van der Waals surface area (Å²) in [4.78, 5) is 32.1. The molecule has 2 atom stereocenters. The van der Waals surface area contributed by atoms with Gasteiger partial charge >= 0.3 is 6.03 Å². The minimum Gasteiger partial charge on any atom is -0.457 e. The summed E-state index contributed by atoms with van der Waals surface area (Å²) in [7, 11) is 3.31. The highest BCUT2D eigenvalue weighted by Crippen LogP contribution is 2.35. The van der Waals surface area contributed by atoms with E-state index in [-0.39, 0.29) is 23.0 Å². The van der Waals surface area contributed by atoms with Gasteiger partial charge in [0.25, 0.3) is 0 Å². The van der Waals surface area contributed by atoms with Gasteiger partial charge in [0.2, 0.25) is 0 Å². The number of halogens is 1. The van der Waals surface area contributed by atoms with Gasteiger partial charge in [-0.1, -0.05) is 6.07 Å². The first-order valence-corrected chi connectivity index (χ1v) is 12.1. The smallest absolute Gasteiger partial charge is 0.328 e. The highest BCUT2D eigenvalue weighted by molar-refractivity contribution is 7.99. The number of Topliss-reactive ketones (excluding diaryl/α,β-unsaturated/α-hetero) is 1. The van der Waals surface area contributed by atoms with Crippen LogP contribution in [0.4, 0.5) is 9.18 Å². The van der Waals surface area contributed by atoms with Crippen molar-refractivity contribution in [1.29, 1.82) is 0 Å². The van der Waals surface area contributed by atoms with Crippen LogP contribution in [0.15, 0.2) is 73.2 Å². The van der Waals surface area contributed by atoms with Crippen molar-refractivity contribution >= 4 is 34.5 Å². The number of nitrogens with zero attached hydrogens (tertiary/aromatic N) is 3. The summed E-state index contributed by atoms with van der Waals surface area (Å²) in [6.07, 6.45) is 5.11. The Balaban J connectivity index is 1.47. The Hall–Kier alpha value is -3.69. The third-order valence-electron chi connectivity index (χ3n) is 5.77. The van der Waals surface area contributed by atoms with Crippen LogP contribution in [-0.4, -0.2) is 52.2 Å². The van der Waals surface area contributed by atoms with Gasteiger partial charge in [-0.25, -0.2) is 9.18 Å². The van der Waals surface area contributed by atoms with Crippen molar-refractivity contribution in [3.05, 3.63) is 90.1 Å². The fourth-order valence-corrected chi connectivity index (χ4v) is 5.24. The predicted octanol–water partition coefficient (Wildman–Crippen LogP) is 5.08. The third-order valence-corrected chi connectivity index (χ3v) is 7.03. The number of carbonyl (C=O) groups excluding carboxylic acids is 2. The molecule has 5 rings (SSSR count). The number of ether oxygens (including phenoxy) is 1. The quantitative estimate of drug-likeness (QED) is 0.393. The molecule has 9 heteroatoms. The average molecular weight is 491 g/mol. The highest BCUT2D eigenvalue weighted by atomic mass is 32.2. The molecule has 35 heavy (non-hydrogen) atoms. The molecule has 1 aliphatic heterocycles. The molecule has 1 amide bonds. The number of amides is 1. The van der Waals surface area contributed by atoms with E-state index in [1.807, 2.05) is 12.1 Å². The Morgan fingerprint density at radius 1 is 1.14 bits per heavy atom. The summed E-state index contributed by atoms with van der Waals surface area (Å²) in [6, 6.07) is 14.1. The molecule has 0 saturated carbocycles. The van der Waals surface area contributed by atoms with Crippen molar-refractivity contribution in [3.63, 3.8) is 0 Å². The van der Waals surface area contributed by atoms with E-state index in [4.69, 9.17) is 4.74 Å². The lowest BCUT2D eigenvalue weighted by atomic mass is 10.0. The van der Waals surface area contributed by atoms with E-state index in [0.717, 1.165) is 5.56 Å². The number of hydrogen-bond donors (Lipinski definition) is 1. The van der Waals surface area contributed by atoms with E-state index in [1.165, 1.54) is 33.7 Å². The lowest BCUT2D eigenvalue weighted by Gasteiger charge is -2.12. The van der Waals surface area contributed by atoms with Gasteiger partial charge in [-0.3, -0.25) is 19.7 Å². The monoisotopic (exact) mass is 490 g/mol. The van der Waals surface area contributed by atoms with E-state index in [9.17, 15) is 14.0 Å². The molecule has 1 saturated heterocycles. The van der Waals surface area contributed by atoms with Gasteiger partial charge in [0.1, 0.15) is 17.3 Å². The summed E-state index contributed by atoms with van der Waals surface area (Å²) in [5, 5.41) is 4.03. The summed E-state index contributed by atoms with van der Waals surface area (Å²) in [5.74, 6) is 1.11. The van der Waals surface area contributed by atoms with Gasteiger partial charge in [0, 0.05) is 55.5 Å². The number of fused-ring (bicyclic) bond motifs is 1. The second-order valence-electron chi connectivity index (χ2n) is 8.41. The predicted molar refractivity (Wildman–Crippen MR) is 134 cm³/mol. The normalized spacial score (nSPS) is 17.5. The topological polar surface area (TPSA) is 76.5 Å². The molecular weight excluding hydrogens is 467 g/mol. The molecule has 0 aliphatic carbocycles. The van der Waals surface area contributed by atoms with Gasteiger partial charge in [0.05, 0.1) is 16.9 Å². The SMILES string of the molecule is CN(C)C(=O)n1cc(C(=O)[C@@H]2CSC(c3cccnc3)N2)c2ccc(Oc3ccc(F)cc3)cc21. The first kappa shape index (κ1) is 23.1. The molecule has 1 N–H and O–H groups in total. The van der Waals surface area contributed by atoms with Crippen LogP contribution >= 0.6 is 11.8 Å². The molecule has 0 radical (unpaired) electrons. The van der Waals surface area contributed by atoms with Crippen LogP contribution in [0.3, 0.4) is 0 Å². The Bertz CT molecular complexity index is 1390. The summed E-state index contributed by atoms with van der Waals surface area (Å²) < 4.78 is 20.6. The molecule has 1 aliphatic rings. The Morgan fingerprint density at radius 3 is 2.63 bits per heavy atom. The number of ketones is 1. The molecule has 0 spiro atoms. The number of pyridine rings is 1. The van der Waals surface area contributed by atoms with E-state index in [1.54, 1.807) is 62.6 Å². The zero-order valence-corrected chi connectivity index (χ0v) is 20.0. The van der Waals surface area contributed by atoms with Crippen molar-refractivity contribution in [1.82, 2.24) is 19.8 Å². The molecule has 3 heterocycles. The van der Waals surface area contributed by atoms with E-state index in [0.29, 0.717) is 33.7 Å². The van der Waals surface area contributed by atoms with Gasteiger partial charge in [-0.05, 0) is 48.0 Å². The number of hydrogen-bond acceptors (Lipinski definition) is 6. The second kappa shape index (κ2) is 9.52. The van der Waals surface area contributed by atoms with Crippen molar-refractivity contribution in [2.45, 2.75) is 11.4 Å². The van der Waals surface area contributed by atoms with Crippen LogP contribution < -0.4 is 10.1 Å². The number of aromatic nitrogens is 2. The Kier molecular flexibility index (Phi) is 6.27. The van der Waals surface area contributed by atoms with Crippen molar-refractivity contribution < 1.29 is 18.7 Å². The largest absolute Gasteiger partial charge is 0.457 e. The molecule has 2 aromatic carbocycles. The zero-order chi connectivity index (χ0) is 24.5. The zero-order valence-electron chi connectivity index (χ0n) is 19.1. The molecule has 2 aromatic heterocycles. The number of carbonyl (C=O) groups is 2. The van der Waals surface area contributed by atoms with E-state index < -0.39 is 6.04 Å². The van der Waals surface area contributed by atoms with E-state index >= 15 is 0 Å². The van der Waals surface area contributed by atoms with Gasteiger partial charge in [-0.2, -0.15) is 0 Å². The summed E-state index contributed by atoms with van der Waals surface area (Å²) in [6.45, 7) is 0.